The number of nitrogens with zero attached hydrogens (tertiary/aromatic N) is 1. The first-order valence-corrected chi connectivity index (χ1v) is 11.7. The minimum atomic E-state index is -0.00630. The summed E-state index contributed by atoms with van der Waals surface area (Å²) in [6.07, 6.45) is 6.18. The van der Waals surface area contributed by atoms with E-state index in [1.165, 1.54) is 18.4 Å². The number of piperidine rings is 1. The molecule has 2 fully saturated rings. The summed E-state index contributed by atoms with van der Waals surface area (Å²) in [5.74, 6) is 0.191. The number of rotatable bonds is 5. The Morgan fingerprint density at radius 2 is 1.60 bits per heavy atom. The van der Waals surface area contributed by atoms with Gasteiger partial charge in [0.25, 0.3) is 5.91 Å². The van der Waals surface area contributed by atoms with E-state index in [0.29, 0.717) is 25.2 Å². The van der Waals surface area contributed by atoms with E-state index in [4.69, 9.17) is 0 Å². The maximum atomic E-state index is 12.9. The van der Waals surface area contributed by atoms with Crippen molar-refractivity contribution in [1.29, 1.82) is 0 Å². The summed E-state index contributed by atoms with van der Waals surface area (Å²) in [6, 6.07) is 18.1. The maximum absolute atomic E-state index is 12.9. The van der Waals surface area contributed by atoms with Crippen LogP contribution in [0.4, 0.5) is 0 Å². The van der Waals surface area contributed by atoms with Crippen LogP contribution >= 0.6 is 15.9 Å². The van der Waals surface area contributed by atoms with E-state index in [1.54, 1.807) is 0 Å². The van der Waals surface area contributed by atoms with Crippen molar-refractivity contribution in [1.82, 2.24) is 10.2 Å². The van der Waals surface area contributed by atoms with E-state index >= 15 is 0 Å². The topological polar surface area (TPSA) is 49.4 Å². The van der Waals surface area contributed by atoms with Gasteiger partial charge < -0.3 is 10.2 Å². The third-order valence-electron chi connectivity index (χ3n) is 6.79. The lowest BCUT2D eigenvalue weighted by atomic mass is 9.78. The second-order valence-corrected chi connectivity index (χ2v) is 9.56. The van der Waals surface area contributed by atoms with Gasteiger partial charge in [0.05, 0.1) is 0 Å². The molecule has 0 bridgehead atoms. The molecular formula is C25H29BrN2O2. The van der Waals surface area contributed by atoms with E-state index in [9.17, 15) is 9.59 Å². The monoisotopic (exact) mass is 468 g/mol. The Morgan fingerprint density at radius 3 is 2.23 bits per heavy atom. The fraction of sp³-hybridized carbons (Fsp3) is 0.440. The normalized spacial score (nSPS) is 18.9. The summed E-state index contributed by atoms with van der Waals surface area (Å²) in [4.78, 5) is 27.5. The van der Waals surface area contributed by atoms with Gasteiger partial charge in [0, 0.05) is 41.0 Å². The van der Waals surface area contributed by atoms with Crippen molar-refractivity contribution in [2.75, 3.05) is 19.6 Å². The first-order chi connectivity index (χ1) is 14.6. The molecule has 2 aliphatic rings. The second-order valence-electron chi connectivity index (χ2n) is 8.64. The number of hydrogen-bond acceptors (Lipinski definition) is 2. The van der Waals surface area contributed by atoms with Crippen molar-refractivity contribution in [2.45, 2.75) is 43.9 Å². The Labute approximate surface area is 187 Å². The molecule has 0 spiro atoms. The number of hydrogen-bond donors (Lipinski definition) is 1. The van der Waals surface area contributed by atoms with Gasteiger partial charge in [-0.3, -0.25) is 9.59 Å². The standard InChI is InChI=1S/C25H29BrN2O2/c26-22-10-8-20(9-11-22)24(30)28-16-12-19(13-17-28)23(29)27-18-25(14-4-5-15-25)21-6-2-1-3-7-21/h1-3,6-11,19H,4-5,12-18H2,(H,27,29). The summed E-state index contributed by atoms with van der Waals surface area (Å²) in [6.45, 7) is 1.99. The number of nitrogens with one attached hydrogen (secondary N) is 1. The molecule has 1 aliphatic heterocycles. The summed E-state index contributed by atoms with van der Waals surface area (Å²) in [5.41, 5.74) is 2.12. The fourth-order valence-electron chi connectivity index (χ4n) is 4.93. The van der Waals surface area contributed by atoms with Gasteiger partial charge in [-0.25, -0.2) is 0 Å². The van der Waals surface area contributed by atoms with Crippen LogP contribution in [0.5, 0.6) is 0 Å². The van der Waals surface area contributed by atoms with Gasteiger partial charge in [0.15, 0.2) is 0 Å². The van der Waals surface area contributed by atoms with Crippen LogP contribution in [0.15, 0.2) is 59.1 Å². The molecular weight excluding hydrogens is 440 g/mol. The molecule has 4 nitrogen and oxygen atoms in total. The second kappa shape index (κ2) is 9.34. The highest BCUT2D eigenvalue weighted by molar-refractivity contribution is 9.10. The molecule has 5 heteroatoms. The predicted octanol–water partition coefficient (Wildman–Crippen LogP) is 4.93. The maximum Gasteiger partial charge on any atom is 0.253 e. The van der Waals surface area contributed by atoms with Crippen LogP contribution in [-0.2, 0) is 10.2 Å². The van der Waals surface area contributed by atoms with E-state index in [-0.39, 0.29) is 23.1 Å². The predicted molar refractivity (Wildman–Crippen MR) is 122 cm³/mol. The van der Waals surface area contributed by atoms with Crippen LogP contribution in [0.2, 0.25) is 0 Å². The summed E-state index contributed by atoms with van der Waals surface area (Å²) < 4.78 is 0.963. The number of carbonyl (C=O) groups is 2. The molecule has 0 atom stereocenters. The molecule has 2 amide bonds. The van der Waals surface area contributed by atoms with Crippen molar-refractivity contribution < 1.29 is 9.59 Å². The van der Waals surface area contributed by atoms with Gasteiger partial charge in [-0.05, 0) is 55.5 Å². The molecule has 0 radical (unpaired) electrons. The van der Waals surface area contributed by atoms with Crippen LogP contribution < -0.4 is 5.32 Å². The van der Waals surface area contributed by atoms with Crippen LogP contribution in [0, 0.1) is 5.92 Å². The highest BCUT2D eigenvalue weighted by Crippen LogP contribution is 2.40. The molecule has 158 valence electrons. The van der Waals surface area contributed by atoms with Crippen molar-refractivity contribution in [3.05, 3.63) is 70.2 Å². The third-order valence-corrected chi connectivity index (χ3v) is 7.32. The molecule has 1 saturated carbocycles. The van der Waals surface area contributed by atoms with Gasteiger partial charge in [0.1, 0.15) is 0 Å². The first kappa shape index (κ1) is 21.1. The lowest BCUT2D eigenvalue weighted by Crippen LogP contribution is -2.46. The van der Waals surface area contributed by atoms with Crippen LogP contribution in [0.25, 0.3) is 0 Å². The van der Waals surface area contributed by atoms with E-state index in [0.717, 1.165) is 30.2 Å². The highest BCUT2D eigenvalue weighted by Gasteiger charge is 2.36. The molecule has 4 rings (SSSR count). The third kappa shape index (κ3) is 4.61. The molecule has 0 unspecified atom stereocenters. The minimum Gasteiger partial charge on any atom is -0.355 e. The van der Waals surface area contributed by atoms with Crippen LogP contribution in [-0.4, -0.2) is 36.3 Å². The van der Waals surface area contributed by atoms with E-state index in [1.807, 2.05) is 35.2 Å². The van der Waals surface area contributed by atoms with Gasteiger partial charge in [-0.15, -0.1) is 0 Å². The molecule has 2 aromatic carbocycles. The molecule has 30 heavy (non-hydrogen) atoms. The largest absolute Gasteiger partial charge is 0.355 e. The van der Waals surface area contributed by atoms with Crippen LogP contribution in [0.3, 0.4) is 0 Å². The van der Waals surface area contributed by atoms with Crippen LogP contribution in [0.1, 0.15) is 54.4 Å². The van der Waals surface area contributed by atoms with Gasteiger partial charge >= 0.3 is 0 Å². The molecule has 2 aromatic rings. The number of carbonyl (C=O) groups excluding carboxylic acids is 2. The highest BCUT2D eigenvalue weighted by atomic mass is 79.9. The first-order valence-electron chi connectivity index (χ1n) is 11.0. The lowest BCUT2D eigenvalue weighted by Gasteiger charge is -2.33. The fourth-order valence-corrected chi connectivity index (χ4v) is 5.20. The Hall–Kier alpha value is -2.14. The molecule has 1 aliphatic carbocycles. The van der Waals surface area contributed by atoms with Crippen molar-refractivity contribution in [2.24, 2.45) is 5.92 Å². The van der Waals surface area contributed by atoms with E-state index in [2.05, 4.69) is 45.5 Å². The zero-order chi connectivity index (χ0) is 21.0. The van der Waals surface area contributed by atoms with Gasteiger partial charge in [-0.2, -0.15) is 0 Å². The molecule has 0 aromatic heterocycles. The number of amides is 2. The number of likely N-dealkylation sites (tertiary alicyclic amines) is 1. The lowest BCUT2D eigenvalue weighted by molar-refractivity contribution is -0.126. The molecule has 1 N–H and O–H groups in total. The van der Waals surface area contributed by atoms with Crippen molar-refractivity contribution >= 4 is 27.7 Å². The summed E-state index contributed by atoms with van der Waals surface area (Å²) in [7, 11) is 0. The zero-order valence-corrected chi connectivity index (χ0v) is 18.9. The van der Waals surface area contributed by atoms with Crippen molar-refractivity contribution in [3.63, 3.8) is 0 Å². The van der Waals surface area contributed by atoms with E-state index < -0.39 is 0 Å². The van der Waals surface area contributed by atoms with Crippen molar-refractivity contribution in [3.8, 4) is 0 Å². The Kier molecular flexibility index (Phi) is 6.57. The zero-order valence-electron chi connectivity index (χ0n) is 17.3. The number of halogens is 1. The number of benzene rings is 2. The minimum absolute atomic E-state index is 0.00630. The molecule has 1 heterocycles. The van der Waals surface area contributed by atoms with Gasteiger partial charge in [-0.1, -0.05) is 59.1 Å². The SMILES string of the molecule is O=C(NCC1(c2ccccc2)CCCC1)C1CCN(C(=O)c2ccc(Br)cc2)CC1. The van der Waals surface area contributed by atoms with Gasteiger partial charge in [0.2, 0.25) is 5.91 Å². The average Bonchev–Trinajstić information content (AvgIpc) is 3.28. The Bertz CT molecular complexity index is 868. The Morgan fingerprint density at radius 1 is 0.967 bits per heavy atom. The molecule has 1 saturated heterocycles. The Balaban J connectivity index is 1.31. The average molecular weight is 469 g/mol. The summed E-state index contributed by atoms with van der Waals surface area (Å²) in [5, 5.41) is 3.27. The smallest absolute Gasteiger partial charge is 0.253 e. The quantitative estimate of drug-likeness (QED) is 0.675. The summed E-state index contributed by atoms with van der Waals surface area (Å²) >= 11 is 3.40.